The number of imidazole rings is 1. The van der Waals surface area contributed by atoms with Crippen LogP contribution in [0.4, 0.5) is 0 Å². The molecule has 5 nitrogen and oxygen atoms in total. The van der Waals surface area contributed by atoms with Gasteiger partial charge in [-0.2, -0.15) is 0 Å². The second-order valence-electron chi connectivity index (χ2n) is 7.01. The van der Waals surface area contributed by atoms with Gasteiger partial charge in [-0.25, -0.2) is 4.98 Å². The summed E-state index contributed by atoms with van der Waals surface area (Å²) in [5.74, 6) is 2.44. The molecule has 5 rings (SSSR count). The van der Waals surface area contributed by atoms with Gasteiger partial charge in [0.15, 0.2) is 0 Å². The van der Waals surface area contributed by atoms with E-state index in [1.807, 2.05) is 66.9 Å². The van der Waals surface area contributed by atoms with Gasteiger partial charge in [-0.15, -0.1) is 12.4 Å². The summed E-state index contributed by atoms with van der Waals surface area (Å²) in [5.41, 5.74) is 6.07. The normalized spacial score (nSPS) is 10.6. The molecular weight excluding hydrogens is 410 g/mol. The zero-order valence-electron chi connectivity index (χ0n) is 17.2. The lowest BCUT2D eigenvalue weighted by Crippen LogP contribution is -1.85. The highest BCUT2D eigenvalue weighted by Crippen LogP contribution is 2.37. The van der Waals surface area contributed by atoms with Crippen LogP contribution in [0.5, 0.6) is 11.5 Å². The predicted molar refractivity (Wildman–Crippen MR) is 127 cm³/mol. The summed E-state index contributed by atoms with van der Waals surface area (Å²) < 4.78 is 10.6. The van der Waals surface area contributed by atoms with E-state index in [2.05, 4.69) is 22.1 Å². The number of H-pyrrole nitrogens is 2. The number of rotatable bonds is 5. The number of aromatic nitrogens is 3. The van der Waals surface area contributed by atoms with Crippen molar-refractivity contribution in [3.63, 3.8) is 0 Å². The van der Waals surface area contributed by atoms with Crippen LogP contribution >= 0.6 is 12.4 Å². The minimum Gasteiger partial charge on any atom is -0.497 e. The fraction of sp³-hybridized carbons (Fsp3) is 0.0800. The number of hydrogen-bond donors (Lipinski definition) is 2. The maximum absolute atomic E-state index is 5.32. The summed E-state index contributed by atoms with van der Waals surface area (Å²) in [4.78, 5) is 11.9. The van der Waals surface area contributed by atoms with Crippen LogP contribution in [-0.2, 0) is 0 Å². The number of ether oxygens (including phenoxy) is 2. The van der Waals surface area contributed by atoms with Crippen LogP contribution in [0.2, 0.25) is 0 Å². The number of hydrogen-bond acceptors (Lipinski definition) is 3. The molecule has 2 N–H and O–H groups in total. The van der Waals surface area contributed by atoms with Crippen molar-refractivity contribution in [3.05, 3.63) is 79.0 Å². The van der Waals surface area contributed by atoms with Gasteiger partial charge in [0.2, 0.25) is 0 Å². The van der Waals surface area contributed by atoms with E-state index in [1.54, 1.807) is 14.2 Å². The van der Waals surface area contributed by atoms with E-state index in [4.69, 9.17) is 14.5 Å². The van der Waals surface area contributed by atoms with Gasteiger partial charge in [0.05, 0.1) is 25.6 Å². The van der Waals surface area contributed by atoms with Crippen molar-refractivity contribution in [2.75, 3.05) is 14.2 Å². The first-order valence-electron chi connectivity index (χ1n) is 9.72. The molecule has 0 fully saturated rings. The molecule has 0 saturated heterocycles. The average molecular weight is 432 g/mol. The monoisotopic (exact) mass is 431 g/mol. The molecule has 3 aromatic carbocycles. The Hall–Kier alpha value is -3.70. The third-order valence-corrected chi connectivity index (χ3v) is 5.29. The first-order chi connectivity index (χ1) is 14.8. The van der Waals surface area contributed by atoms with Gasteiger partial charge in [0.25, 0.3) is 0 Å². The molecule has 0 spiro atoms. The number of nitrogens with zero attached hydrogens (tertiary/aromatic N) is 1. The maximum atomic E-state index is 5.32. The minimum atomic E-state index is 0. The fourth-order valence-corrected chi connectivity index (χ4v) is 3.69. The zero-order chi connectivity index (χ0) is 20.5. The van der Waals surface area contributed by atoms with Crippen LogP contribution in [0.1, 0.15) is 0 Å². The van der Waals surface area contributed by atoms with Gasteiger partial charge in [-0.3, -0.25) is 0 Å². The van der Waals surface area contributed by atoms with Gasteiger partial charge in [-0.1, -0.05) is 18.2 Å². The third-order valence-electron chi connectivity index (χ3n) is 5.29. The molecule has 6 heteroatoms. The predicted octanol–water partition coefficient (Wildman–Crippen LogP) is 6.33. The number of halogens is 1. The van der Waals surface area contributed by atoms with E-state index >= 15 is 0 Å². The summed E-state index contributed by atoms with van der Waals surface area (Å²) >= 11 is 0. The largest absolute Gasteiger partial charge is 0.497 e. The van der Waals surface area contributed by atoms with Crippen molar-refractivity contribution < 1.29 is 9.47 Å². The number of nitrogens with one attached hydrogen (secondary N) is 2. The Labute approximate surface area is 186 Å². The van der Waals surface area contributed by atoms with Crippen LogP contribution in [0.25, 0.3) is 44.8 Å². The molecule has 5 aromatic rings. The first kappa shape index (κ1) is 20.6. The van der Waals surface area contributed by atoms with Gasteiger partial charge in [-0.05, 0) is 54.6 Å². The lowest BCUT2D eigenvalue weighted by molar-refractivity contribution is 0.415. The highest BCUT2D eigenvalue weighted by molar-refractivity contribution is 5.98. The number of aromatic amines is 2. The third kappa shape index (κ3) is 3.76. The molecule has 0 atom stereocenters. The molecule has 2 heterocycles. The van der Waals surface area contributed by atoms with E-state index in [-0.39, 0.29) is 12.4 Å². The van der Waals surface area contributed by atoms with E-state index in [0.29, 0.717) is 0 Å². The molecule has 0 amide bonds. The van der Waals surface area contributed by atoms with Crippen molar-refractivity contribution in [2.24, 2.45) is 0 Å². The lowest BCUT2D eigenvalue weighted by Gasteiger charge is -2.04. The topological polar surface area (TPSA) is 62.9 Å². The van der Waals surface area contributed by atoms with Crippen molar-refractivity contribution in [3.8, 4) is 45.4 Å². The zero-order valence-corrected chi connectivity index (χ0v) is 18.0. The van der Waals surface area contributed by atoms with Crippen LogP contribution in [0.15, 0.2) is 79.0 Å². The molecule has 0 aliphatic carbocycles. The van der Waals surface area contributed by atoms with Crippen LogP contribution in [0.3, 0.4) is 0 Å². The molecule has 2 aromatic heterocycles. The van der Waals surface area contributed by atoms with Gasteiger partial charge in [0.1, 0.15) is 17.3 Å². The van der Waals surface area contributed by atoms with Crippen molar-refractivity contribution in [1.82, 2.24) is 15.0 Å². The fourth-order valence-electron chi connectivity index (χ4n) is 3.69. The summed E-state index contributed by atoms with van der Waals surface area (Å²) in [7, 11) is 3.33. The molecule has 0 radical (unpaired) electrons. The van der Waals surface area contributed by atoms with Crippen LogP contribution in [0, 0.1) is 0 Å². The highest BCUT2D eigenvalue weighted by atomic mass is 35.5. The Morgan fingerprint density at radius 1 is 0.742 bits per heavy atom. The van der Waals surface area contributed by atoms with Crippen molar-refractivity contribution >= 4 is 23.3 Å². The highest BCUT2D eigenvalue weighted by Gasteiger charge is 2.18. The minimum absolute atomic E-state index is 0. The molecule has 0 aliphatic heterocycles. The van der Waals surface area contributed by atoms with E-state index < -0.39 is 0 Å². The molecule has 0 unspecified atom stereocenters. The Morgan fingerprint density at radius 3 is 2.00 bits per heavy atom. The molecule has 0 bridgehead atoms. The SMILES string of the molecule is COc1ccc(-c2nc(-c3ccc(OC)cc3)c(-c3c[nH]c4ccccc34)[nH]2)cc1.Cl. The second kappa shape index (κ2) is 8.58. The van der Waals surface area contributed by atoms with E-state index in [1.165, 1.54) is 0 Å². The van der Waals surface area contributed by atoms with Crippen LogP contribution in [-0.4, -0.2) is 29.2 Å². The van der Waals surface area contributed by atoms with E-state index in [9.17, 15) is 0 Å². The molecule has 0 saturated carbocycles. The molecule has 31 heavy (non-hydrogen) atoms. The summed E-state index contributed by atoms with van der Waals surface area (Å²) in [6, 6.07) is 24.1. The van der Waals surface area contributed by atoms with Crippen molar-refractivity contribution in [2.45, 2.75) is 0 Å². The Kier molecular flexibility index (Phi) is 5.69. The van der Waals surface area contributed by atoms with Crippen molar-refractivity contribution in [1.29, 1.82) is 0 Å². The van der Waals surface area contributed by atoms with Gasteiger partial charge in [0, 0.05) is 33.8 Å². The molecule has 156 valence electrons. The summed E-state index contributed by atoms with van der Waals surface area (Å²) in [6.07, 6.45) is 2.03. The summed E-state index contributed by atoms with van der Waals surface area (Å²) in [6.45, 7) is 0. The number of fused-ring (bicyclic) bond motifs is 1. The number of methoxy groups -OCH3 is 2. The van der Waals surface area contributed by atoms with E-state index in [0.717, 1.165) is 56.3 Å². The smallest absolute Gasteiger partial charge is 0.138 e. The summed E-state index contributed by atoms with van der Waals surface area (Å²) in [5, 5.41) is 1.15. The van der Waals surface area contributed by atoms with Gasteiger partial charge >= 0.3 is 0 Å². The Balaban J connectivity index is 0.00000231. The molecular formula is C25H22ClN3O2. The average Bonchev–Trinajstić information content (AvgIpc) is 3.43. The number of benzene rings is 3. The maximum Gasteiger partial charge on any atom is 0.138 e. The van der Waals surface area contributed by atoms with Gasteiger partial charge < -0.3 is 19.4 Å². The van der Waals surface area contributed by atoms with Crippen LogP contribution < -0.4 is 9.47 Å². The number of para-hydroxylation sites is 1. The molecule has 0 aliphatic rings. The Morgan fingerprint density at radius 2 is 1.35 bits per heavy atom. The lowest BCUT2D eigenvalue weighted by atomic mass is 10.0. The standard InChI is InChI=1S/C25H21N3O2.ClH/c1-29-18-11-7-16(8-12-18)23-24(21-15-26-22-6-4-3-5-20(21)22)28-25(27-23)17-9-13-19(30-2)14-10-17;/h3-15,26H,1-2H3,(H,27,28);1H. The first-order valence-corrected chi connectivity index (χ1v) is 9.72. The second-order valence-corrected chi connectivity index (χ2v) is 7.01. The Bertz CT molecular complexity index is 1310. The quantitative estimate of drug-likeness (QED) is 0.341.